The molecule has 1 aromatic carbocycles. The van der Waals surface area contributed by atoms with Crippen LogP contribution < -0.4 is 9.47 Å². The van der Waals surface area contributed by atoms with E-state index in [9.17, 15) is 4.79 Å². The van der Waals surface area contributed by atoms with Gasteiger partial charge in [-0.15, -0.1) is 0 Å². The van der Waals surface area contributed by atoms with Crippen LogP contribution in [-0.4, -0.2) is 36.6 Å². The Morgan fingerprint density at radius 1 is 1.30 bits per heavy atom. The SMILES string of the molecule is COc1ccccc1OCC(=O)N1C2C=CCC1CC2. The van der Waals surface area contributed by atoms with Gasteiger partial charge >= 0.3 is 0 Å². The molecule has 1 saturated heterocycles. The number of methoxy groups -OCH3 is 1. The van der Waals surface area contributed by atoms with E-state index in [1.165, 1.54) is 0 Å². The molecule has 0 saturated carbocycles. The van der Waals surface area contributed by atoms with Gasteiger partial charge in [0.1, 0.15) is 0 Å². The van der Waals surface area contributed by atoms with Gasteiger partial charge in [0.05, 0.1) is 13.2 Å². The van der Waals surface area contributed by atoms with Crippen LogP contribution in [0.25, 0.3) is 0 Å². The second-order valence-electron chi connectivity index (χ2n) is 5.20. The van der Waals surface area contributed by atoms with Crippen molar-refractivity contribution in [1.82, 2.24) is 4.90 Å². The smallest absolute Gasteiger partial charge is 0.261 e. The monoisotopic (exact) mass is 273 g/mol. The van der Waals surface area contributed by atoms with Crippen LogP contribution in [0.3, 0.4) is 0 Å². The molecule has 2 unspecified atom stereocenters. The van der Waals surface area contributed by atoms with Crippen LogP contribution in [0.1, 0.15) is 19.3 Å². The highest BCUT2D eigenvalue weighted by Crippen LogP contribution is 2.32. The molecule has 0 aliphatic carbocycles. The lowest BCUT2D eigenvalue weighted by Gasteiger charge is -2.31. The number of amides is 1. The molecule has 0 aromatic heterocycles. The number of ether oxygens (including phenoxy) is 2. The summed E-state index contributed by atoms with van der Waals surface area (Å²) in [6, 6.07) is 8.02. The molecule has 4 nitrogen and oxygen atoms in total. The van der Waals surface area contributed by atoms with Crippen LogP contribution in [0.5, 0.6) is 11.5 Å². The van der Waals surface area contributed by atoms with E-state index in [-0.39, 0.29) is 18.6 Å². The molecular weight excluding hydrogens is 254 g/mol. The van der Waals surface area contributed by atoms with Crippen molar-refractivity contribution in [3.05, 3.63) is 36.4 Å². The van der Waals surface area contributed by atoms with E-state index in [0.29, 0.717) is 17.5 Å². The summed E-state index contributed by atoms with van der Waals surface area (Å²) >= 11 is 0. The van der Waals surface area contributed by atoms with E-state index < -0.39 is 0 Å². The normalized spacial score (nSPS) is 23.8. The molecule has 1 fully saturated rings. The number of rotatable bonds is 4. The highest BCUT2D eigenvalue weighted by atomic mass is 16.5. The molecule has 1 amide bonds. The summed E-state index contributed by atoms with van der Waals surface area (Å²) in [5, 5.41) is 0. The second kappa shape index (κ2) is 5.57. The standard InChI is InChI=1S/C16H19NO3/c1-19-14-7-2-3-8-15(14)20-11-16(18)17-12-5-4-6-13(17)10-9-12/h2-5,7-8,12-13H,6,9-11H2,1H3. The molecule has 2 heterocycles. The largest absolute Gasteiger partial charge is 0.493 e. The van der Waals surface area contributed by atoms with Crippen LogP contribution in [-0.2, 0) is 4.79 Å². The number of hydrogen-bond donors (Lipinski definition) is 0. The Labute approximate surface area is 119 Å². The molecule has 106 valence electrons. The Kier molecular flexibility index (Phi) is 3.63. The van der Waals surface area contributed by atoms with Crippen molar-refractivity contribution < 1.29 is 14.3 Å². The minimum atomic E-state index is 0.0627. The number of para-hydroxylation sites is 2. The predicted octanol–water partition coefficient (Wildman–Crippen LogP) is 2.39. The molecule has 0 radical (unpaired) electrons. The lowest BCUT2D eigenvalue weighted by atomic mass is 10.1. The van der Waals surface area contributed by atoms with Gasteiger partial charge in [-0.2, -0.15) is 0 Å². The molecular formula is C16H19NO3. The van der Waals surface area contributed by atoms with Crippen molar-refractivity contribution >= 4 is 5.91 Å². The van der Waals surface area contributed by atoms with Crippen molar-refractivity contribution in [2.45, 2.75) is 31.3 Å². The van der Waals surface area contributed by atoms with E-state index in [2.05, 4.69) is 12.2 Å². The summed E-state index contributed by atoms with van der Waals surface area (Å²) in [5.41, 5.74) is 0. The average molecular weight is 273 g/mol. The maximum atomic E-state index is 12.4. The van der Waals surface area contributed by atoms with E-state index >= 15 is 0 Å². The van der Waals surface area contributed by atoms with Crippen LogP contribution in [0.15, 0.2) is 36.4 Å². The van der Waals surface area contributed by atoms with Gasteiger partial charge in [-0.1, -0.05) is 24.3 Å². The molecule has 0 spiro atoms. The number of carbonyl (C=O) groups is 1. The van der Waals surface area contributed by atoms with E-state index in [1.807, 2.05) is 29.2 Å². The van der Waals surface area contributed by atoms with Crippen LogP contribution in [0.4, 0.5) is 0 Å². The van der Waals surface area contributed by atoms with Gasteiger partial charge in [0.2, 0.25) is 0 Å². The number of carbonyl (C=O) groups excluding carboxylic acids is 1. The lowest BCUT2D eigenvalue weighted by molar-refractivity contribution is -0.135. The zero-order chi connectivity index (χ0) is 13.9. The molecule has 20 heavy (non-hydrogen) atoms. The third kappa shape index (κ3) is 2.38. The first-order valence-electron chi connectivity index (χ1n) is 7.03. The van der Waals surface area contributed by atoms with Gasteiger partial charge in [0, 0.05) is 6.04 Å². The molecule has 2 aliphatic heterocycles. The minimum absolute atomic E-state index is 0.0627. The molecule has 3 rings (SSSR count). The Balaban J connectivity index is 1.64. The first kappa shape index (κ1) is 13.0. The minimum Gasteiger partial charge on any atom is -0.493 e. The highest BCUT2D eigenvalue weighted by molar-refractivity contribution is 5.79. The van der Waals surface area contributed by atoms with Crippen molar-refractivity contribution in [1.29, 1.82) is 0 Å². The second-order valence-corrected chi connectivity index (χ2v) is 5.20. The lowest BCUT2D eigenvalue weighted by Crippen LogP contribution is -2.44. The molecule has 0 N–H and O–H groups in total. The van der Waals surface area contributed by atoms with Gasteiger partial charge in [-0.3, -0.25) is 4.79 Å². The third-order valence-corrected chi connectivity index (χ3v) is 4.02. The summed E-state index contributed by atoms with van der Waals surface area (Å²) in [5.74, 6) is 1.33. The fourth-order valence-corrected chi connectivity index (χ4v) is 3.07. The van der Waals surface area contributed by atoms with Crippen LogP contribution in [0.2, 0.25) is 0 Å². The summed E-state index contributed by atoms with van der Waals surface area (Å²) in [6.45, 7) is 0.0706. The maximum Gasteiger partial charge on any atom is 0.261 e. The van der Waals surface area contributed by atoms with Crippen molar-refractivity contribution in [3.8, 4) is 11.5 Å². The van der Waals surface area contributed by atoms with E-state index in [0.717, 1.165) is 19.3 Å². The average Bonchev–Trinajstić information content (AvgIpc) is 2.74. The number of nitrogens with zero attached hydrogens (tertiary/aromatic N) is 1. The van der Waals surface area contributed by atoms with E-state index in [4.69, 9.17) is 9.47 Å². The topological polar surface area (TPSA) is 38.8 Å². The molecule has 2 bridgehead atoms. The number of benzene rings is 1. The summed E-state index contributed by atoms with van der Waals surface area (Å²) in [4.78, 5) is 14.3. The fourth-order valence-electron chi connectivity index (χ4n) is 3.07. The summed E-state index contributed by atoms with van der Waals surface area (Å²) in [7, 11) is 1.60. The summed E-state index contributed by atoms with van der Waals surface area (Å²) < 4.78 is 10.8. The third-order valence-electron chi connectivity index (χ3n) is 4.02. The Morgan fingerprint density at radius 2 is 2.10 bits per heavy atom. The fraction of sp³-hybridized carbons (Fsp3) is 0.438. The first-order chi connectivity index (χ1) is 9.79. The highest BCUT2D eigenvalue weighted by Gasteiger charge is 2.37. The van der Waals surface area contributed by atoms with Gasteiger partial charge in [0.15, 0.2) is 18.1 Å². The molecule has 1 aromatic rings. The summed E-state index contributed by atoms with van der Waals surface area (Å²) in [6.07, 6.45) is 7.47. The molecule has 2 aliphatic rings. The maximum absolute atomic E-state index is 12.4. The zero-order valence-corrected chi connectivity index (χ0v) is 11.6. The quantitative estimate of drug-likeness (QED) is 0.791. The van der Waals surface area contributed by atoms with Gasteiger partial charge < -0.3 is 14.4 Å². The van der Waals surface area contributed by atoms with Crippen LogP contribution >= 0.6 is 0 Å². The van der Waals surface area contributed by atoms with E-state index in [1.54, 1.807) is 7.11 Å². The van der Waals surface area contributed by atoms with Crippen molar-refractivity contribution in [2.75, 3.05) is 13.7 Å². The molecule has 2 atom stereocenters. The van der Waals surface area contributed by atoms with Crippen molar-refractivity contribution in [2.24, 2.45) is 0 Å². The Morgan fingerprint density at radius 3 is 2.85 bits per heavy atom. The first-order valence-corrected chi connectivity index (χ1v) is 7.03. The Bertz CT molecular complexity index is 526. The van der Waals surface area contributed by atoms with Gasteiger partial charge in [0.25, 0.3) is 5.91 Å². The van der Waals surface area contributed by atoms with Gasteiger partial charge in [-0.05, 0) is 31.4 Å². The molecule has 4 heteroatoms. The zero-order valence-electron chi connectivity index (χ0n) is 11.6. The van der Waals surface area contributed by atoms with Crippen LogP contribution in [0, 0.1) is 0 Å². The Hall–Kier alpha value is -1.97. The number of hydrogen-bond acceptors (Lipinski definition) is 3. The predicted molar refractivity (Wildman–Crippen MR) is 75.9 cm³/mol. The van der Waals surface area contributed by atoms with Crippen molar-refractivity contribution in [3.63, 3.8) is 0 Å². The van der Waals surface area contributed by atoms with Gasteiger partial charge in [-0.25, -0.2) is 0 Å². The number of fused-ring (bicyclic) bond motifs is 2.